The van der Waals surface area contributed by atoms with Crippen molar-refractivity contribution in [2.45, 2.75) is 149 Å². The van der Waals surface area contributed by atoms with E-state index in [1.807, 2.05) is 27.7 Å². The largest absolute Gasteiger partial charge is 0.481 e. The fourth-order valence-corrected chi connectivity index (χ4v) is 9.22. The molecular formula is C39H58BFN4O8. The smallest absolute Gasteiger partial charge is 0.444 e. The summed E-state index contributed by atoms with van der Waals surface area (Å²) in [5, 5.41) is 5.88. The van der Waals surface area contributed by atoms with Crippen LogP contribution in [0.4, 0.5) is 14.0 Å². The molecule has 3 aliphatic heterocycles. The zero-order valence-corrected chi connectivity index (χ0v) is 33.0. The molecule has 2 bridgehead atoms. The molecule has 3 heterocycles. The van der Waals surface area contributed by atoms with Gasteiger partial charge in [-0.2, -0.15) is 0 Å². The molecule has 3 aliphatic carbocycles. The first-order valence-electron chi connectivity index (χ1n) is 19.3. The van der Waals surface area contributed by atoms with Crippen LogP contribution >= 0.6 is 0 Å². The normalized spacial score (nSPS) is 30.0. The van der Waals surface area contributed by atoms with Crippen molar-refractivity contribution in [1.29, 1.82) is 0 Å². The van der Waals surface area contributed by atoms with Gasteiger partial charge in [0.25, 0.3) is 0 Å². The maximum absolute atomic E-state index is 14.5. The number of carbonyl (C=O) groups is 4. The van der Waals surface area contributed by atoms with Gasteiger partial charge in [0, 0.05) is 19.5 Å². The van der Waals surface area contributed by atoms with Crippen LogP contribution in [0.1, 0.15) is 106 Å². The molecule has 12 nitrogen and oxygen atoms in total. The summed E-state index contributed by atoms with van der Waals surface area (Å²) in [6.45, 7) is 19.9. The number of rotatable bonds is 7. The van der Waals surface area contributed by atoms with Crippen LogP contribution < -0.4 is 10.6 Å². The first-order chi connectivity index (χ1) is 24.6. The minimum atomic E-state index is -1.05. The number of amides is 4. The molecule has 14 heteroatoms. The molecule has 2 N–H and O–H groups in total. The average molecular weight is 741 g/mol. The molecule has 292 valence electrons. The third kappa shape index (κ3) is 7.77. The van der Waals surface area contributed by atoms with E-state index in [1.165, 1.54) is 17.0 Å². The first-order valence-corrected chi connectivity index (χ1v) is 19.3. The number of halogens is 1. The van der Waals surface area contributed by atoms with Gasteiger partial charge in [0.2, 0.25) is 11.8 Å². The van der Waals surface area contributed by atoms with E-state index in [-0.39, 0.29) is 36.8 Å². The summed E-state index contributed by atoms with van der Waals surface area (Å²) in [6, 6.07) is 2.48. The van der Waals surface area contributed by atoms with Crippen molar-refractivity contribution in [2.75, 3.05) is 13.1 Å². The van der Waals surface area contributed by atoms with Crippen LogP contribution in [0, 0.1) is 28.5 Å². The molecule has 53 heavy (non-hydrogen) atoms. The lowest BCUT2D eigenvalue weighted by Gasteiger charge is -2.64. The summed E-state index contributed by atoms with van der Waals surface area (Å²) in [4.78, 5) is 58.2. The Morgan fingerprint density at radius 1 is 1.04 bits per heavy atom. The highest BCUT2D eigenvalue weighted by Gasteiger charge is 2.68. The highest BCUT2D eigenvalue weighted by molar-refractivity contribution is 6.47. The standard InChI is InChI=1S/C39H58BFN4O8/c1-11-30(40-52-29-18-24-17-28(38(24,8)9)39(29,10)53-40)42-32(46)27-19-26(50-35(49)44-15-14-22-16-25(41)13-12-23(22)20-44)21-45(27)33(47)31(36(2,3)4)43-34(48)51-37(5,6)7/h12-13,16,24,26-31H,11,14-15,17-21H2,1-10H3,(H,42,46)(H,43,48)/t24-,26-,27+,28-,29-,30+,31-,39+/m1/s1. The molecule has 1 aromatic rings. The van der Waals surface area contributed by atoms with E-state index in [9.17, 15) is 23.6 Å². The second kappa shape index (κ2) is 14.0. The molecule has 0 radical (unpaired) electrons. The van der Waals surface area contributed by atoms with Crippen molar-refractivity contribution < 1.29 is 42.4 Å². The predicted molar refractivity (Wildman–Crippen MR) is 196 cm³/mol. The molecule has 6 aliphatic rings. The van der Waals surface area contributed by atoms with Crippen molar-refractivity contribution in [1.82, 2.24) is 20.4 Å². The average Bonchev–Trinajstić information content (AvgIpc) is 3.64. The topological polar surface area (TPSA) is 136 Å². The van der Waals surface area contributed by atoms with Crippen LogP contribution in [0.3, 0.4) is 0 Å². The number of carbonyl (C=O) groups excluding carboxylic acids is 4. The maximum Gasteiger partial charge on any atom is 0.481 e. The van der Waals surface area contributed by atoms with E-state index >= 15 is 0 Å². The first kappa shape index (κ1) is 39.3. The van der Waals surface area contributed by atoms with Crippen molar-refractivity contribution in [3.8, 4) is 0 Å². The summed E-state index contributed by atoms with van der Waals surface area (Å²) >= 11 is 0. The Balaban J connectivity index is 1.20. The molecule has 8 atom stereocenters. The van der Waals surface area contributed by atoms with Gasteiger partial charge in [-0.3, -0.25) is 9.59 Å². The number of hydrogen-bond donors (Lipinski definition) is 2. The van der Waals surface area contributed by atoms with E-state index in [1.54, 1.807) is 31.7 Å². The Morgan fingerprint density at radius 3 is 2.40 bits per heavy atom. The lowest BCUT2D eigenvalue weighted by Crippen LogP contribution is -2.65. The lowest BCUT2D eigenvalue weighted by molar-refractivity contribution is -0.199. The minimum absolute atomic E-state index is 0.0492. The van der Waals surface area contributed by atoms with Crippen molar-refractivity contribution >= 4 is 31.1 Å². The summed E-state index contributed by atoms with van der Waals surface area (Å²) in [6.07, 6.45) is 0.902. The second-order valence-electron chi connectivity index (χ2n) is 18.6. The number of hydrogen-bond acceptors (Lipinski definition) is 8. The van der Waals surface area contributed by atoms with E-state index in [0.717, 1.165) is 24.0 Å². The van der Waals surface area contributed by atoms with Crippen LogP contribution in [0.15, 0.2) is 18.2 Å². The maximum atomic E-state index is 14.5. The van der Waals surface area contributed by atoms with Gasteiger partial charge < -0.3 is 39.2 Å². The molecule has 0 aromatic heterocycles. The van der Waals surface area contributed by atoms with Gasteiger partial charge in [0.05, 0.1) is 24.2 Å². The van der Waals surface area contributed by atoms with Gasteiger partial charge in [0.15, 0.2) is 0 Å². The van der Waals surface area contributed by atoms with Crippen LogP contribution in [0.5, 0.6) is 0 Å². The molecule has 5 fully saturated rings. The third-order valence-electron chi connectivity index (χ3n) is 12.4. The Labute approximate surface area is 313 Å². The van der Waals surface area contributed by atoms with Crippen molar-refractivity contribution in [3.05, 3.63) is 35.1 Å². The number of likely N-dealkylation sites (tertiary alicyclic amines) is 1. The molecule has 4 amide bonds. The molecule has 7 rings (SSSR count). The second-order valence-corrected chi connectivity index (χ2v) is 18.6. The predicted octanol–water partition coefficient (Wildman–Crippen LogP) is 5.39. The Morgan fingerprint density at radius 2 is 1.75 bits per heavy atom. The van der Waals surface area contributed by atoms with Gasteiger partial charge in [-0.1, -0.05) is 47.6 Å². The summed E-state index contributed by atoms with van der Waals surface area (Å²) in [7, 11) is -0.653. The molecule has 2 saturated heterocycles. The Kier molecular flexibility index (Phi) is 10.4. The minimum Gasteiger partial charge on any atom is -0.444 e. The number of benzene rings is 1. The number of fused-ring (bicyclic) bond motifs is 1. The summed E-state index contributed by atoms with van der Waals surface area (Å²) in [5.41, 5.74) is -0.151. The van der Waals surface area contributed by atoms with Crippen molar-refractivity contribution in [2.24, 2.45) is 22.7 Å². The highest BCUT2D eigenvalue weighted by atomic mass is 19.1. The van der Waals surface area contributed by atoms with Crippen molar-refractivity contribution in [3.63, 3.8) is 0 Å². The SMILES string of the molecule is CC[C@H](NC(=O)[C@@H]1C[C@@H](OC(=O)N2CCc3cc(F)ccc3C2)CN1C(=O)[C@@H](NC(=O)OC(C)(C)C)C(C)(C)C)B1O[C@@H]2C[C@H]3C[C@H](C3(C)C)[C@]2(C)O1. The quantitative estimate of drug-likeness (QED) is 0.356. The molecule has 0 spiro atoms. The monoisotopic (exact) mass is 740 g/mol. The van der Waals surface area contributed by atoms with Gasteiger partial charge >= 0.3 is 19.3 Å². The number of ether oxygens (including phenoxy) is 2. The van der Waals surface area contributed by atoms with Crippen LogP contribution in [0.25, 0.3) is 0 Å². The fourth-order valence-electron chi connectivity index (χ4n) is 9.22. The Hall–Kier alpha value is -3.39. The molecule has 3 saturated carbocycles. The number of nitrogens with one attached hydrogen (secondary N) is 2. The summed E-state index contributed by atoms with van der Waals surface area (Å²) in [5.74, 6) is -0.776. The number of nitrogens with zero attached hydrogens (tertiary/aromatic N) is 2. The van der Waals surface area contributed by atoms with E-state index in [2.05, 4.69) is 31.4 Å². The highest BCUT2D eigenvalue weighted by Crippen LogP contribution is 2.65. The van der Waals surface area contributed by atoms with E-state index in [4.69, 9.17) is 18.8 Å². The van der Waals surface area contributed by atoms with Gasteiger partial charge in [-0.15, -0.1) is 0 Å². The zero-order chi connectivity index (χ0) is 38.8. The lowest BCUT2D eigenvalue weighted by atomic mass is 9.43. The van der Waals surface area contributed by atoms with Gasteiger partial charge in [0.1, 0.15) is 29.6 Å². The zero-order valence-electron chi connectivity index (χ0n) is 33.0. The van der Waals surface area contributed by atoms with E-state index in [0.29, 0.717) is 31.2 Å². The molecule has 0 unspecified atom stereocenters. The third-order valence-corrected chi connectivity index (χ3v) is 12.4. The van der Waals surface area contributed by atoms with E-state index < -0.39 is 71.9 Å². The Bertz CT molecular complexity index is 1610. The van der Waals surface area contributed by atoms with Crippen LogP contribution in [0.2, 0.25) is 0 Å². The van der Waals surface area contributed by atoms with Crippen LogP contribution in [-0.2, 0) is 41.3 Å². The van der Waals surface area contributed by atoms with Gasteiger partial charge in [-0.25, -0.2) is 14.0 Å². The van der Waals surface area contributed by atoms with Gasteiger partial charge in [-0.05, 0) is 99.3 Å². The molecular weight excluding hydrogens is 682 g/mol. The van der Waals surface area contributed by atoms with Crippen LogP contribution in [-0.4, -0.2) is 95.4 Å². The summed E-state index contributed by atoms with van der Waals surface area (Å²) < 4.78 is 38.5. The molecule has 1 aromatic carbocycles. The number of alkyl carbamates (subject to hydrolysis) is 1. The fraction of sp³-hybridized carbons (Fsp3) is 0.744.